The average Bonchev–Trinajstić information content (AvgIpc) is 2.69. The van der Waals surface area contributed by atoms with Gasteiger partial charge in [0.1, 0.15) is 0 Å². The molecule has 0 aliphatic carbocycles. The Balaban J connectivity index is 0.000000621. The van der Waals surface area contributed by atoms with Crippen LogP contribution in [0, 0.1) is 0 Å². The molecule has 0 aliphatic heterocycles. The number of rotatable bonds is 15. The summed E-state index contributed by atoms with van der Waals surface area (Å²) < 4.78 is 0. The Morgan fingerprint density at radius 2 is 1.26 bits per heavy atom. The third-order valence-electron chi connectivity index (χ3n) is 4.45. The SMILES string of the molecule is CCC=CCCCCCCCCCCCCCO.O=C(O)c1ccccc1. The first-order valence-corrected chi connectivity index (χ1v) is 10.8. The lowest BCUT2D eigenvalue weighted by atomic mass is 10.1. The normalized spacial score (nSPS) is 10.6. The van der Waals surface area contributed by atoms with E-state index in [4.69, 9.17) is 10.2 Å². The van der Waals surface area contributed by atoms with E-state index < -0.39 is 5.97 Å². The number of benzene rings is 1. The zero-order valence-electron chi connectivity index (χ0n) is 17.2. The van der Waals surface area contributed by atoms with E-state index in [-0.39, 0.29) is 0 Å². The number of hydrogen-bond acceptors (Lipinski definition) is 2. The number of aliphatic hydroxyl groups excluding tert-OH is 1. The minimum Gasteiger partial charge on any atom is -0.478 e. The van der Waals surface area contributed by atoms with Crippen molar-refractivity contribution in [2.75, 3.05) is 6.61 Å². The van der Waals surface area contributed by atoms with Gasteiger partial charge in [-0.05, 0) is 37.8 Å². The molecule has 27 heavy (non-hydrogen) atoms. The topological polar surface area (TPSA) is 57.5 Å². The quantitative estimate of drug-likeness (QED) is 0.256. The minimum absolute atomic E-state index is 0.331. The summed E-state index contributed by atoms with van der Waals surface area (Å²) in [5, 5.41) is 17.0. The fourth-order valence-corrected chi connectivity index (χ4v) is 2.83. The molecular formula is C24H40O3. The van der Waals surface area contributed by atoms with Crippen LogP contribution in [0.15, 0.2) is 42.5 Å². The molecular weight excluding hydrogens is 336 g/mol. The number of aliphatic hydroxyl groups is 1. The number of unbranched alkanes of at least 4 members (excludes halogenated alkanes) is 11. The molecule has 154 valence electrons. The van der Waals surface area contributed by atoms with Gasteiger partial charge in [-0.1, -0.05) is 95.1 Å². The van der Waals surface area contributed by atoms with E-state index in [1.165, 1.54) is 77.0 Å². The van der Waals surface area contributed by atoms with Crippen molar-refractivity contribution in [3.8, 4) is 0 Å². The van der Waals surface area contributed by atoms with Crippen molar-refractivity contribution in [1.29, 1.82) is 0 Å². The van der Waals surface area contributed by atoms with Crippen LogP contribution in [-0.2, 0) is 0 Å². The third kappa shape index (κ3) is 19.0. The van der Waals surface area contributed by atoms with E-state index in [1.807, 2.05) is 0 Å². The molecule has 0 aromatic heterocycles. The highest BCUT2D eigenvalue weighted by molar-refractivity contribution is 5.87. The summed E-state index contributed by atoms with van der Waals surface area (Å²) in [4.78, 5) is 10.2. The Morgan fingerprint density at radius 1 is 0.778 bits per heavy atom. The van der Waals surface area contributed by atoms with Gasteiger partial charge < -0.3 is 10.2 Å². The number of aromatic carboxylic acids is 1. The van der Waals surface area contributed by atoms with Gasteiger partial charge in [0.25, 0.3) is 0 Å². The Hall–Kier alpha value is -1.61. The highest BCUT2D eigenvalue weighted by atomic mass is 16.4. The molecule has 3 heteroatoms. The number of allylic oxidation sites excluding steroid dienone is 2. The zero-order valence-corrected chi connectivity index (χ0v) is 17.2. The van der Waals surface area contributed by atoms with Crippen LogP contribution in [0.2, 0.25) is 0 Å². The standard InChI is InChI=1S/C17H34O.C7H6O2/c1-2-3-4-5-6-7-8-9-10-11-12-13-14-15-16-17-18;8-7(9)6-4-2-1-3-5-6/h3-4,18H,2,5-17H2,1H3;1-5H,(H,8,9). The van der Waals surface area contributed by atoms with Crippen LogP contribution in [0.25, 0.3) is 0 Å². The van der Waals surface area contributed by atoms with E-state index in [2.05, 4.69) is 19.1 Å². The highest BCUT2D eigenvalue weighted by Crippen LogP contribution is 2.12. The predicted molar refractivity (Wildman–Crippen MR) is 115 cm³/mol. The van der Waals surface area contributed by atoms with Crippen LogP contribution in [-0.4, -0.2) is 22.8 Å². The van der Waals surface area contributed by atoms with Crippen LogP contribution in [0.1, 0.15) is 101 Å². The van der Waals surface area contributed by atoms with Gasteiger partial charge in [0.15, 0.2) is 0 Å². The number of hydrogen-bond donors (Lipinski definition) is 2. The van der Waals surface area contributed by atoms with Crippen molar-refractivity contribution in [2.24, 2.45) is 0 Å². The maximum atomic E-state index is 10.2. The summed E-state index contributed by atoms with van der Waals surface area (Å²) in [6, 6.07) is 8.30. The average molecular weight is 377 g/mol. The molecule has 0 saturated carbocycles. The van der Waals surface area contributed by atoms with E-state index >= 15 is 0 Å². The molecule has 0 saturated heterocycles. The van der Waals surface area contributed by atoms with Crippen LogP contribution in [0.3, 0.4) is 0 Å². The molecule has 0 radical (unpaired) electrons. The lowest BCUT2D eigenvalue weighted by molar-refractivity contribution is 0.0697. The maximum Gasteiger partial charge on any atom is 0.335 e. The van der Waals surface area contributed by atoms with Gasteiger partial charge in [0, 0.05) is 6.61 Å². The molecule has 0 heterocycles. The number of carbonyl (C=O) groups is 1. The van der Waals surface area contributed by atoms with E-state index in [0.29, 0.717) is 12.2 Å². The van der Waals surface area contributed by atoms with Gasteiger partial charge in [-0.15, -0.1) is 0 Å². The second-order valence-corrected chi connectivity index (χ2v) is 6.95. The van der Waals surface area contributed by atoms with Gasteiger partial charge in [-0.3, -0.25) is 0 Å². The fourth-order valence-electron chi connectivity index (χ4n) is 2.83. The van der Waals surface area contributed by atoms with E-state index in [9.17, 15) is 4.79 Å². The van der Waals surface area contributed by atoms with Gasteiger partial charge >= 0.3 is 5.97 Å². The van der Waals surface area contributed by atoms with Gasteiger partial charge in [-0.2, -0.15) is 0 Å². The molecule has 1 aromatic rings. The summed E-state index contributed by atoms with van der Waals surface area (Å²) in [5.41, 5.74) is 0.331. The largest absolute Gasteiger partial charge is 0.478 e. The molecule has 0 spiro atoms. The first-order chi connectivity index (χ1) is 13.2. The van der Waals surface area contributed by atoms with Crippen molar-refractivity contribution in [1.82, 2.24) is 0 Å². The smallest absolute Gasteiger partial charge is 0.335 e. The van der Waals surface area contributed by atoms with Gasteiger partial charge in [0.05, 0.1) is 5.56 Å². The van der Waals surface area contributed by atoms with Crippen molar-refractivity contribution >= 4 is 5.97 Å². The van der Waals surface area contributed by atoms with E-state index in [0.717, 1.165) is 6.42 Å². The zero-order chi connectivity index (χ0) is 20.0. The second kappa shape index (κ2) is 20.7. The molecule has 2 N–H and O–H groups in total. The molecule has 0 unspecified atom stereocenters. The Labute approximate surface area is 166 Å². The Kier molecular flexibility index (Phi) is 19.5. The predicted octanol–water partition coefficient (Wildman–Crippen LogP) is 7.01. The fraction of sp³-hybridized carbons (Fsp3) is 0.625. The van der Waals surface area contributed by atoms with Crippen molar-refractivity contribution in [3.05, 3.63) is 48.0 Å². The van der Waals surface area contributed by atoms with Crippen LogP contribution < -0.4 is 0 Å². The molecule has 3 nitrogen and oxygen atoms in total. The van der Waals surface area contributed by atoms with Gasteiger partial charge in [0.2, 0.25) is 0 Å². The molecule has 0 fully saturated rings. The molecule has 1 rings (SSSR count). The monoisotopic (exact) mass is 376 g/mol. The van der Waals surface area contributed by atoms with E-state index in [1.54, 1.807) is 30.3 Å². The number of carboxylic acid groups (broad SMARTS) is 1. The summed E-state index contributed by atoms with van der Waals surface area (Å²) in [7, 11) is 0. The Morgan fingerprint density at radius 3 is 1.67 bits per heavy atom. The van der Waals surface area contributed by atoms with Gasteiger partial charge in [-0.25, -0.2) is 4.79 Å². The maximum absolute atomic E-state index is 10.2. The van der Waals surface area contributed by atoms with Crippen LogP contribution >= 0.6 is 0 Å². The molecule has 0 aliphatic rings. The Bertz CT molecular complexity index is 454. The first-order valence-electron chi connectivity index (χ1n) is 10.8. The molecule has 1 aromatic carbocycles. The lowest BCUT2D eigenvalue weighted by Crippen LogP contribution is -1.93. The van der Waals surface area contributed by atoms with Crippen molar-refractivity contribution in [2.45, 2.75) is 90.4 Å². The minimum atomic E-state index is -0.879. The summed E-state index contributed by atoms with van der Waals surface area (Å²) >= 11 is 0. The summed E-state index contributed by atoms with van der Waals surface area (Å²) in [6.07, 6.45) is 21.8. The summed E-state index contributed by atoms with van der Waals surface area (Å²) in [6.45, 7) is 2.56. The lowest BCUT2D eigenvalue weighted by Gasteiger charge is -2.02. The first kappa shape index (κ1) is 25.4. The molecule has 0 bridgehead atoms. The van der Waals surface area contributed by atoms with Crippen LogP contribution in [0.5, 0.6) is 0 Å². The van der Waals surface area contributed by atoms with Crippen molar-refractivity contribution < 1.29 is 15.0 Å². The summed E-state index contributed by atoms with van der Waals surface area (Å²) in [5.74, 6) is -0.879. The molecule has 0 amide bonds. The second-order valence-electron chi connectivity index (χ2n) is 6.95. The van der Waals surface area contributed by atoms with Crippen LogP contribution in [0.4, 0.5) is 0 Å². The molecule has 0 atom stereocenters. The number of carboxylic acids is 1. The third-order valence-corrected chi connectivity index (χ3v) is 4.45. The van der Waals surface area contributed by atoms with Crippen molar-refractivity contribution in [3.63, 3.8) is 0 Å². The highest BCUT2D eigenvalue weighted by Gasteiger charge is 1.96.